The van der Waals surface area contributed by atoms with Gasteiger partial charge < -0.3 is 75.4 Å². The third-order valence-corrected chi connectivity index (χ3v) is 7.26. The molecular formula is C24H41N3O15. The van der Waals surface area contributed by atoms with Crippen LogP contribution < -0.4 is 16.0 Å². The summed E-state index contributed by atoms with van der Waals surface area (Å²) in [5.41, 5.74) is 0. The fourth-order valence-electron chi connectivity index (χ4n) is 5.21. The molecule has 3 aliphatic heterocycles. The Labute approximate surface area is 240 Å². The lowest BCUT2D eigenvalue weighted by Gasteiger charge is -2.50. The van der Waals surface area contributed by atoms with E-state index in [-0.39, 0.29) is 0 Å². The molecule has 18 heteroatoms. The van der Waals surface area contributed by atoms with E-state index in [1.54, 1.807) is 0 Å². The van der Waals surface area contributed by atoms with Crippen molar-refractivity contribution in [1.82, 2.24) is 16.0 Å². The summed E-state index contributed by atoms with van der Waals surface area (Å²) in [6.45, 7) is 3.40. The Kier molecular flexibility index (Phi) is 12.0. The summed E-state index contributed by atoms with van der Waals surface area (Å²) >= 11 is 0. The van der Waals surface area contributed by atoms with Crippen molar-refractivity contribution in [3.63, 3.8) is 0 Å². The molecule has 3 amide bonds. The van der Waals surface area contributed by atoms with Crippen molar-refractivity contribution in [2.45, 2.75) is 120 Å². The number of rotatable bonds is 9. The number of nitrogens with one attached hydrogen (secondary N) is 3. The standard InChI is InChI=1S/C24H41N3O15/c1-7-16(33)21(42-23-13(25-8(2)30)19(36)17(34)11(5-28)40-23)15(27-10(4)32)24(38-7)41-20-14(26-9(3)31)22(37)39-12(6-29)18(20)35/h7,11-24,28-29,33-37H,5-6H2,1-4H3,(H,25,30)(H,26,31)(H,27,32)/t7-,11+,12-,13-,14-,15-,16+,17-,18-,19-,20-,21+,22+,23-,24+/m1/s1. The first-order chi connectivity index (χ1) is 19.7. The molecule has 3 aliphatic rings. The average Bonchev–Trinajstić information content (AvgIpc) is 2.91. The van der Waals surface area contributed by atoms with Crippen LogP contribution in [0.5, 0.6) is 0 Å². The van der Waals surface area contributed by atoms with Crippen LogP contribution in [-0.2, 0) is 38.1 Å². The van der Waals surface area contributed by atoms with E-state index in [0.29, 0.717) is 0 Å². The summed E-state index contributed by atoms with van der Waals surface area (Å²) < 4.78 is 28.6. The van der Waals surface area contributed by atoms with Gasteiger partial charge in [-0.2, -0.15) is 0 Å². The molecule has 0 aromatic heterocycles. The van der Waals surface area contributed by atoms with Crippen molar-refractivity contribution >= 4 is 17.7 Å². The maximum Gasteiger partial charge on any atom is 0.217 e. The molecule has 3 heterocycles. The highest BCUT2D eigenvalue weighted by molar-refractivity contribution is 5.74. The average molecular weight is 612 g/mol. The number of aliphatic hydroxyl groups excluding tert-OH is 7. The molecule has 242 valence electrons. The quantitative estimate of drug-likeness (QED) is 0.116. The van der Waals surface area contributed by atoms with E-state index >= 15 is 0 Å². The minimum atomic E-state index is -1.73. The Morgan fingerprint density at radius 3 is 1.60 bits per heavy atom. The van der Waals surface area contributed by atoms with Gasteiger partial charge in [0.1, 0.15) is 67.0 Å². The summed E-state index contributed by atoms with van der Waals surface area (Å²) in [5, 5.41) is 80.0. The predicted molar refractivity (Wildman–Crippen MR) is 135 cm³/mol. The third-order valence-electron chi connectivity index (χ3n) is 7.26. The predicted octanol–water partition coefficient (Wildman–Crippen LogP) is -6.11. The number of carbonyl (C=O) groups excluding carboxylic acids is 3. The molecule has 15 atom stereocenters. The number of amides is 3. The van der Waals surface area contributed by atoms with Gasteiger partial charge in [0, 0.05) is 20.8 Å². The minimum absolute atomic E-state index is 0.614. The second-order valence-electron chi connectivity index (χ2n) is 10.5. The van der Waals surface area contributed by atoms with Crippen LogP contribution in [0.4, 0.5) is 0 Å². The molecule has 0 radical (unpaired) electrons. The lowest BCUT2D eigenvalue weighted by molar-refractivity contribution is -0.343. The highest BCUT2D eigenvalue weighted by Gasteiger charge is 2.54. The van der Waals surface area contributed by atoms with E-state index in [9.17, 15) is 50.1 Å². The van der Waals surface area contributed by atoms with Gasteiger partial charge in [-0.15, -0.1) is 0 Å². The summed E-state index contributed by atoms with van der Waals surface area (Å²) in [5.74, 6) is -1.88. The van der Waals surface area contributed by atoms with Crippen molar-refractivity contribution in [3.8, 4) is 0 Å². The molecule has 10 N–H and O–H groups in total. The zero-order valence-electron chi connectivity index (χ0n) is 23.5. The van der Waals surface area contributed by atoms with Crippen LogP contribution in [0.2, 0.25) is 0 Å². The van der Waals surface area contributed by atoms with E-state index in [4.69, 9.17) is 23.7 Å². The molecule has 0 bridgehead atoms. The first-order valence-corrected chi connectivity index (χ1v) is 13.4. The van der Waals surface area contributed by atoms with Gasteiger partial charge in [-0.3, -0.25) is 14.4 Å². The normalized spacial score (nSPS) is 44.2. The summed E-state index contributed by atoms with van der Waals surface area (Å²) in [7, 11) is 0. The zero-order chi connectivity index (χ0) is 31.5. The molecule has 3 rings (SSSR count). The van der Waals surface area contributed by atoms with Crippen molar-refractivity contribution in [2.75, 3.05) is 13.2 Å². The number of hydrogen-bond acceptors (Lipinski definition) is 15. The molecule has 18 nitrogen and oxygen atoms in total. The SMILES string of the molecule is CC(=O)N[C@@H]1[C@@H](O[C@@H]2O[C@H](C)[C@H](O)[C@@H](O[C@H]3O[C@@H](CO)[C@@H](O)[C@H](O)[C@H]3NC(C)=O)[C@H]2NC(C)=O)[C@H](O)[C@@H](CO)O[C@@H]1O. The minimum Gasteiger partial charge on any atom is -0.394 e. The second kappa shape index (κ2) is 14.6. The van der Waals surface area contributed by atoms with Crippen LogP contribution >= 0.6 is 0 Å². The smallest absolute Gasteiger partial charge is 0.217 e. The molecule has 0 aromatic rings. The highest BCUT2D eigenvalue weighted by Crippen LogP contribution is 2.32. The highest BCUT2D eigenvalue weighted by atomic mass is 16.7. The molecule has 0 aliphatic carbocycles. The van der Waals surface area contributed by atoms with Gasteiger partial charge in [0.15, 0.2) is 18.9 Å². The van der Waals surface area contributed by atoms with E-state index < -0.39 is 123 Å². The number of aliphatic hydroxyl groups is 7. The molecule has 0 spiro atoms. The Bertz CT molecular complexity index is 945. The fraction of sp³-hybridized carbons (Fsp3) is 0.875. The Morgan fingerprint density at radius 1 is 0.619 bits per heavy atom. The third kappa shape index (κ3) is 7.71. The maximum atomic E-state index is 12.3. The Hall–Kier alpha value is -2.07. The summed E-state index contributed by atoms with van der Waals surface area (Å²) in [6, 6.07) is -4.13. The van der Waals surface area contributed by atoms with Gasteiger partial charge in [0.05, 0.1) is 19.3 Å². The lowest BCUT2D eigenvalue weighted by atomic mass is 9.93. The molecular weight excluding hydrogens is 570 g/mol. The van der Waals surface area contributed by atoms with Crippen molar-refractivity contribution in [1.29, 1.82) is 0 Å². The first kappa shape index (κ1) is 34.4. The Morgan fingerprint density at radius 2 is 1.07 bits per heavy atom. The first-order valence-electron chi connectivity index (χ1n) is 13.4. The van der Waals surface area contributed by atoms with Crippen LogP contribution in [0.1, 0.15) is 27.7 Å². The van der Waals surface area contributed by atoms with Gasteiger partial charge in [0.2, 0.25) is 17.7 Å². The fourth-order valence-corrected chi connectivity index (χ4v) is 5.21. The van der Waals surface area contributed by atoms with Crippen molar-refractivity contribution in [3.05, 3.63) is 0 Å². The largest absolute Gasteiger partial charge is 0.394 e. The van der Waals surface area contributed by atoms with Gasteiger partial charge in [-0.25, -0.2) is 0 Å². The van der Waals surface area contributed by atoms with Crippen LogP contribution in [0.15, 0.2) is 0 Å². The van der Waals surface area contributed by atoms with E-state index in [2.05, 4.69) is 16.0 Å². The summed E-state index contributed by atoms with van der Waals surface area (Å²) in [6.07, 6.45) is -17.9. The topological polar surface area (TPSA) is 275 Å². The molecule has 0 aromatic carbocycles. The molecule has 42 heavy (non-hydrogen) atoms. The van der Waals surface area contributed by atoms with Crippen LogP contribution in [0, 0.1) is 0 Å². The number of hydrogen-bond donors (Lipinski definition) is 10. The van der Waals surface area contributed by atoms with Crippen molar-refractivity contribution in [2.24, 2.45) is 0 Å². The molecule has 0 saturated carbocycles. The number of ether oxygens (including phenoxy) is 5. The maximum absolute atomic E-state index is 12.3. The van der Waals surface area contributed by atoms with Crippen LogP contribution in [0.3, 0.4) is 0 Å². The monoisotopic (exact) mass is 611 g/mol. The van der Waals surface area contributed by atoms with Gasteiger partial charge >= 0.3 is 0 Å². The van der Waals surface area contributed by atoms with Gasteiger partial charge in [-0.05, 0) is 6.92 Å². The molecule has 3 saturated heterocycles. The van der Waals surface area contributed by atoms with E-state index in [1.165, 1.54) is 6.92 Å². The molecule has 0 unspecified atom stereocenters. The van der Waals surface area contributed by atoms with Crippen LogP contribution in [-0.4, -0.2) is 159 Å². The number of carbonyl (C=O) groups is 3. The van der Waals surface area contributed by atoms with Gasteiger partial charge in [0.25, 0.3) is 0 Å². The van der Waals surface area contributed by atoms with Gasteiger partial charge in [-0.1, -0.05) is 0 Å². The lowest BCUT2D eigenvalue weighted by Crippen LogP contribution is -2.71. The van der Waals surface area contributed by atoms with E-state index in [0.717, 1.165) is 20.8 Å². The second-order valence-corrected chi connectivity index (χ2v) is 10.5. The van der Waals surface area contributed by atoms with E-state index in [1.807, 2.05) is 0 Å². The Balaban J connectivity index is 1.96. The van der Waals surface area contributed by atoms with Crippen LogP contribution in [0.25, 0.3) is 0 Å². The summed E-state index contributed by atoms with van der Waals surface area (Å²) in [4.78, 5) is 35.9. The van der Waals surface area contributed by atoms with Crippen molar-refractivity contribution < 1.29 is 73.8 Å². The zero-order valence-corrected chi connectivity index (χ0v) is 23.5. The molecule has 3 fully saturated rings.